The molecule has 1 fully saturated rings. The number of esters is 3. The van der Waals surface area contributed by atoms with Crippen LogP contribution in [0.3, 0.4) is 0 Å². The van der Waals surface area contributed by atoms with Gasteiger partial charge in [-0.3, -0.25) is 0 Å². The summed E-state index contributed by atoms with van der Waals surface area (Å²) < 4.78 is 40.2. The van der Waals surface area contributed by atoms with E-state index in [9.17, 15) is 14.4 Å². The van der Waals surface area contributed by atoms with Crippen LogP contribution in [0.5, 0.6) is 0 Å². The van der Waals surface area contributed by atoms with Gasteiger partial charge in [-0.2, -0.15) is 0 Å². The van der Waals surface area contributed by atoms with Crippen LogP contribution >= 0.6 is 0 Å². The SMILES string of the molecule is CCCCCCCCCCCCCCCCCCCCO[C@@H]1O[C@H](COC(c2ccccc2)(c2ccccc2)c2ccccc2)[C@H](OC(=O)c2ccccc2)[C@H](OC(=O)c2ccccc2)[C@H]1OC(=O)c1ccccc1. The zero-order valence-corrected chi connectivity index (χ0v) is 44.0. The number of carbonyl (C=O) groups excluding carboxylic acids is 3. The maximum atomic E-state index is 14.3. The fourth-order valence-electron chi connectivity index (χ4n) is 10.0. The van der Waals surface area contributed by atoms with E-state index in [0.29, 0.717) is 0 Å². The summed E-state index contributed by atoms with van der Waals surface area (Å²) in [6, 6.07) is 55.5. The Morgan fingerprint density at radius 1 is 0.387 bits per heavy atom. The first-order valence-electron chi connectivity index (χ1n) is 27.8. The predicted molar refractivity (Wildman–Crippen MR) is 295 cm³/mol. The van der Waals surface area contributed by atoms with E-state index >= 15 is 0 Å². The molecule has 0 amide bonds. The molecule has 6 aromatic carbocycles. The first-order valence-corrected chi connectivity index (χ1v) is 27.8. The van der Waals surface area contributed by atoms with E-state index in [1.165, 1.54) is 89.9 Å². The van der Waals surface area contributed by atoms with Crippen molar-refractivity contribution in [2.45, 2.75) is 159 Å². The summed E-state index contributed by atoms with van der Waals surface area (Å²) in [5.41, 5.74) is 2.14. The normalized spacial score (nSPS) is 17.5. The van der Waals surface area contributed by atoms with E-state index in [0.717, 1.165) is 42.4 Å². The first-order chi connectivity index (χ1) is 37.0. The number of hydrogen-bond donors (Lipinski definition) is 0. The molecule has 9 heteroatoms. The Morgan fingerprint density at radius 3 is 1.05 bits per heavy atom. The largest absolute Gasteiger partial charge is 0.452 e. The lowest BCUT2D eigenvalue weighted by Gasteiger charge is -2.45. The highest BCUT2D eigenvalue weighted by Gasteiger charge is 2.54. The van der Waals surface area contributed by atoms with Crippen molar-refractivity contribution in [3.63, 3.8) is 0 Å². The zero-order valence-electron chi connectivity index (χ0n) is 44.0. The molecule has 1 aliphatic heterocycles. The molecular formula is C66H78O9. The molecule has 0 aromatic heterocycles. The van der Waals surface area contributed by atoms with Gasteiger partial charge in [0, 0.05) is 6.61 Å². The molecule has 9 nitrogen and oxygen atoms in total. The van der Waals surface area contributed by atoms with Crippen molar-refractivity contribution in [2.24, 2.45) is 0 Å². The Balaban J connectivity index is 1.12. The molecule has 1 heterocycles. The van der Waals surface area contributed by atoms with E-state index in [2.05, 4.69) is 6.92 Å². The molecular weight excluding hydrogens is 937 g/mol. The number of hydrogen-bond acceptors (Lipinski definition) is 9. The number of ether oxygens (including phenoxy) is 6. The minimum atomic E-state index is -1.43. The smallest absolute Gasteiger partial charge is 0.338 e. The highest BCUT2D eigenvalue weighted by atomic mass is 16.7. The summed E-state index contributed by atoms with van der Waals surface area (Å²) in [5.74, 6) is -2.09. The number of unbranched alkanes of at least 4 members (excludes halogenated alkanes) is 17. The highest BCUT2D eigenvalue weighted by molar-refractivity contribution is 5.91. The van der Waals surface area contributed by atoms with Crippen LogP contribution in [0, 0.1) is 0 Å². The second-order valence-corrected chi connectivity index (χ2v) is 19.7. The number of rotatable bonds is 32. The molecule has 5 atom stereocenters. The monoisotopic (exact) mass is 1010 g/mol. The van der Waals surface area contributed by atoms with Gasteiger partial charge < -0.3 is 28.4 Å². The van der Waals surface area contributed by atoms with Gasteiger partial charge in [-0.1, -0.05) is 262 Å². The molecule has 0 aliphatic carbocycles. The second kappa shape index (κ2) is 31.5. The quantitative estimate of drug-likeness (QED) is 0.0177. The highest BCUT2D eigenvalue weighted by Crippen LogP contribution is 2.42. The summed E-state index contributed by atoms with van der Waals surface area (Å²) in [4.78, 5) is 42.8. The van der Waals surface area contributed by atoms with Gasteiger partial charge in [0.15, 0.2) is 24.6 Å². The topological polar surface area (TPSA) is 107 Å². The van der Waals surface area contributed by atoms with Gasteiger partial charge >= 0.3 is 17.9 Å². The zero-order chi connectivity index (χ0) is 52.2. The van der Waals surface area contributed by atoms with Crippen molar-refractivity contribution in [2.75, 3.05) is 13.2 Å². The maximum absolute atomic E-state index is 14.3. The van der Waals surface area contributed by atoms with Gasteiger partial charge in [0.05, 0.1) is 23.3 Å². The Labute approximate surface area is 446 Å². The van der Waals surface area contributed by atoms with E-state index in [4.69, 9.17) is 28.4 Å². The second-order valence-electron chi connectivity index (χ2n) is 19.7. The Kier molecular flexibility index (Phi) is 23.7. The fraction of sp³-hybridized carbons (Fsp3) is 0.409. The minimum absolute atomic E-state index is 0.191. The van der Waals surface area contributed by atoms with Gasteiger partial charge in [0.2, 0.25) is 0 Å². The van der Waals surface area contributed by atoms with Crippen molar-refractivity contribution in [1.29, 1.82) is 0 Å². The van der Waals surface area contributed by atoms with Crippen LogP contribution < -0.4 is 0 Å². The average Bonchev–Trinajstić information content (AvgIpc) is 3.46. The summed E-state index contributed by atoms with van der Waals surface area (Å²) in [7, 11) is 0. The van der Waals surface area contributed by atoms with Gasteiger partial charge in [0.25, 0.3) is 0 Å². The molecule has 1 saturated heterocycles. The molecule has 1 aliphatic rings. The molecule has 75 heavy (non-hydrogen) atoms. The molecule has 0 saturated carbocycles. The predicted octanol–water partition coefficient (Wildman–Crippen LogP) is 15.5. The number of carbonyl (C=O) groups is 3. The van der Waals surface area contributed by atoms with Gasteiger partial charge in [-0.15, -0.1) is 0 Å². The lowest BCUT2D eigenvalue weighted by atomic mass is 9.80. The average molecular weight is 1020 g/mol. The minimum Gasteiger partial charge on any atom is -0.452 e. The van der Waals surface area contributed by atoms with E-state index in [1.54, 1.807) is 91.0 Å². The van der Waals surface area contributed by atoms with Crippen molar-refractivity contribution < 1.29 is 42.8 Å². The standard InChI is InChI=1S/C66H78O9/c1-2-3-4-5-6-7-8-9-10-11-12-13-14-15-16-17-18-37-50-70-65-61(75-64(69)54-42-29-21-30-43-54)60(74-63(68)53-40-27-20-28-41-53)59(73-62(67)52-38-25-19-26-39-52)58(72-65)51-71-66(55-44-31-22-32-45-55,56-46-33-23-34-47-56)57-48-35-24-36-49-57/h19-36,38-49,58-61,65H,2-18,37,50-51H2,1H3/t58-,59+,60+,61-,65-/m1/s1. The lowest BCUT2D eigenvalue weighted by Crippen LogP contribution is -2.63. The van der Waals surface area contributed by atoms with Crippen LogP contribution in [-0.4, -0.2) is 61.8 Å². The van der Waals surface area contributed by atoms with Crippen molar-refractivity contribution in [3.8, 4) is 0 Å². The van der Waals surface area contributed by atoms with Crippen LogP contribution in [0.2, 0.25) is 0 Å². The molecule has 0 N–H and O–H groups in total. The third kappa shape index (κ3) is 17.1. The lowest BCUT2D eigenvalue weighted by molar-refractivity contribution is -0.303. The Morgan fingerprint density at radius 2 is 0.693 bits per heavy atom. The molecule has 6 aromatic rings. The Bertz CT molecular complexity index is 2410. The van der Waals surface area contributed by atoms with Gasteiger partial charge in [-0.25, -0.2) is 14.4 Å². The summed E-state index contributed by atoms with van der Waals surface area (Å²) in [5, 5.41) is 0. The third-order valence-electron chi connectivity index (χ3n) is 14.1. The summed E-state index contributed by atoms with van der Waals surface area (Å²) in [6.07, 6.45) is 16.0. The third-order valence-corrected chi connectivity index (χ3v) is 14.1. The number of benzene rings is 6. The molecule has 7 rings (SSSR count). The molecule has 0 radical (unpaired) electrons. The van der Waals surface area contributed by atoms with Crippen molar-refractivity contribution in [1.82, 2.24) is 0 Å². The molecule has 0 spiro atoms. The van der Waals surface area contributed by atoms with Crippen LogP contribution in [-0.2, 0) is 34.0 Å². The van der Waals surface area contributed by atoms with Gasteiger partial charge in [0.1, 0.15) is 11.7 Å². The Hall–Kier alpha value is -6.39. The summed E-state index contributed by atoms with van der Waals surface area (Å²) >= 11 is 0. The fourth-order valence-corrected chi connectivity index (χ4v) is 10.0. The van der Waals surface area contributed by atoms with Crippen LogP contribution in [0.4, 0.5) is 0 Å². The molecule has 0 bridgehead atoms. The van der Waals surface area contributed by atoms with Crippen LogP contribution in [0.1, 0.15) is 170 Å². The molecule has 396 valence electrons. The first kappa shape index (κ1) is 56.3. The van der Waals surface area contributed by atoms with E-state index < -0.39 is 54.2 Å². The van der Waals surface area contributed by atoms with E-state index in [1.807, 2.05) is 91.0 Å². The van der Waals surface area contributed by atoms with Crippen molar-refractivity contribution >= 4 is 17.9 Å². The van der Waals surface area contributed by atoms with Crippen LogP contribution in [0.15, 0.2) is 182 Å². The van der Waals surface area contributed by atoms with Crippen molar-refractivity contribution in [3.05, 3.63) is 215 Å². The van der Waals surface area contributed by atoms with E-state index in [-0.39, 0.29) is 29.9 Å². The maximum Gasteiger partial charge on any atom is 0.338 e. The molecule has 0 unspecified atom stereocenters. The van der Waals surface area contributed by atoms with Crippen LogP contribution in [0.25, 0.3) is 0 Å². The van der Waals surface area contributed by atoms with Gasteiger partial charge in [-0.05, 0) is 59.5 Å². The summed E-state index contributed by atoms with van der Waals surface area (Å²) in [6.45, 7) is 2.35.